The number of aryl methyl sites for hydroxylation is 1. The molecule has 1 aromatic rings. The van der Waals surface area contributed by atoms with E-state index in [1.54, 1.807) is 0 Å². The molecule has 82 valence electrons. The molecular formula is C11H16ClN3. The largest absolute Gasteiger partial charge is 0.369 e. The van der Waals surface area contributed by atoms with Gasteiger partial charge in [-0.05, 0) is 43.2 Å². The first-order valence-electron chi connectivity index (χ1n) is 5.39. The van der Waals surface area contributed by atoms with E-state index >= 15 is 0 Å². The van der Waals surface area contributed by atoms with Gasteiger partial charge in [0.2, 0.25) is 5.28 Å². The maximum atomic E-state index is 5.79. The molecule has 0 atom stereocenters. The number of halogens is 1. The lowest BCUT2D eigenvalue weighted by Crippen LogP contribution is -2.15. The fourth-order valence-electron chi connectivity index (χ4n) is 1.73. The summed E-state index contributed by atoms with van der Waals surface area (Å²) in [5, 5.41) is 3.66. The van der Waals surface area contributed by atoms with Gasteiger partial charge in [0.05, 0.1) is 0 Å². The van der Waals surface area contributed by atoms with E-state index in [1.165, 1.54) is 19.3 Å². The van der Waals surface area contributed by atoms with E-state index in [2.05, 4.69) is 22.2 Å². The van der Waals surface area contributed by atoms with Crippen LogP contribution in [0.15, 0.2) is 6.07 Å². The van der Waals surface area contributed by atoms with Gasteiger partial charge in [-0.3, -0.25) is 0 Å². The predicted octanol–water partition coefficient (Wildman–Crippen LogP) is 3.04. The van der Waals surface area contributed by atoms with Crippen LogP contribution in [0.25, 0.3) is 0 Å². The average Bonchev–Trinajstić information content (AvgIpc) is 2.94. The minimum absolute atomic E-state index is 0.318. The van der Waals surface area contributed by atoms with Crippen LogP contribution in [0.5, 0.6) is 0 Å². The molecule has 0 bridgehead atoms. The van der Waals surface area contributed by atoms with Crippen molar-refractivity contribution in [3.05, 3.63) is 17.0 Å². The Labute approximate surface area is 95.3 Å². The van der Waals surface area contributed by atoms with Gasteiger partial charge in [-0.15, -0.1) is 0 Å². The molecule has 0 saturated heterocycles. The molecule has 1 heterocycles. The minimum atomic E-state index is 0.318. The van der Waals surface area contributed by atoms with Gasteiger partial charge in [-0.25, -0.2) is 9.97 Å². The van der Waals surface area contributed by atoms with Gasteiger partial charge in [-0.2, -0.15) is 0 Å². The second-order valence-corrected chi connectivity index (χ2v) is 4.71. The summed E-state index contributed by atoms with van der Waals surface area (Å²) in [6.07, 6.45) is 3.89. The molecule has 1 N–H and O–H groups in total. The van der Waals surface area contributed by atoms with E-state index < -0.39 is 0 Å². The monoisotopic (exact) mass is 225 g/mol. The van der Waals surface area contributed by atoms with Gasteiger partial charge in [0.25, 0.3) is 0 Å². The van der Waals surface area contributed by atoms with Crippen LogP contribution in [-0.2, 0) is 0 Å². The Bertz CT molecular complexity index is 341. The fraction of sp³-hybridized carbons (Fsp3) is 0.636. The van der Waals surface area contributed by atoms with E-state index in [-0.39, 0.29) is 0 Å². The van der Waals surface area contributed by atoms with Crippen molar-refractivity contribution in [3.8, 4) is 0 Å². The van der Waals surface area contributed by atoms with Crippen LogP contribution in [0.1, 0.15) is 31.9 Å². The number of anilines is 1. The standard InChI is InChI=1S/C11H16ClN3/c1-3-11(4-5-11)7-13-9-6-8(2)14-10(12)15-9/h6H,3-5,7H2,1-2H3,(H,13,14,15). The number of nitrogens with zero attached hydrogens (tertiary/aromatic N) is 2. The van der Waals surface area contributed by atoms with Crippen molar-refractivity contribution in [3.63, 3.8) is 0 Å². The van der Waals surface area contributed by atoms with Gasteiger partial charge in [0.1, 0.15) is 5.82 Å². The summed E-state index contributed by atoms with van der Waals surface area (Å²) in [5.41, 5.74) is 1.42. The van der Waals surface area contributed by atoms with Crippen LogP contribution in [0.3, 0.4) is 0 Å². The predicted molar refractivity (Wildman–Crippen MR) is 62.2 cm³/mol. The quantitative estimate of drug-likeness (QED) is 0.801. The number of aromatic nitrogens is 2. The van der Waals surface area contributed by atoms with Crippen LogP contribution >= 0.6 is 11.6 Å². The zero-order valence-electron chi connectivity index (χ0n) is 9.18. The van der Waals surface area contributed by atoms with Crippen molar-refractivity contribution >= 4 is 17.4 Å². The Kier molecular flexibility index (Phi) is 2.83. The fourth-order valence-corrected chi connectivity index (χ4v) is 1.96. The van der Waals surface area contributed by atoms with Crippen LogP contribution in [0.4, 0.5) is 5.82 Å². The topological polar surface area (TPSA) is 37.8 Å². The Morgan fingerprint density at radius 1 is 1.47 bits per heavy atom. The van der Waals surface area contributed by atoms with Crippen molar-refractivity contribution in [2.45, 2.75) is 33.1 Å². The maximum absolute atomic E-state index is 5.79. The second kappa shape index (κ2) is 3.97. The smallest absolute Gasteiger partial charge is 0.224 e. The van der Waals surface area contributed by atoms with Crippen molar-refractivity contribution in [2.75, 3.05) is 11.9 Å². The maximum Gasteiger partial charge on any atom is 0.224 e. The van der Waals surface area contributed by atoms with E-state index in [9.17, 15) is 0 Å². The lowest BCUT2D eigenvalue weighted by molar-refractivity contribution is 0.520. The molecule has 0 spiro atoms. The summed E-state index contributed by atoms with van der Waals surface area (Å²) < 4.78 is 0. The van der Waals surface area contributed by atoms with Crippen molar-refractivity contribution < 1.29 is 0 Å². The van der Waals surface area contributed by atoms with Crippen LogP contribution < -0.4 is 5.32 Å². The summed E-state index contributed by atoms with van der Waals surface area (Å²) in [6, 6.07) is 1.93. The highest BCUT2D eigenvalue weighted by Gasteiger charge is 2.40. The molecule has 1 aliphatic carbocycles. The summed E-state index contributed by atoms with van der Waals surface area (Å²) in [5.74, 6) is 0.840. The van der Waals surface area contributed by atoms with E-state index in [0.717, 1.165) is 18.1 Å². The molecule has 0 radical (unpaired) electrons. The molecule has 15 heavy (non-hydrogen) atoms. The molecule has 1 saturated carbocycles. The zero-order valence-corrected chi connectivity index (χ0v) is 9.93. The Hall–Kier alpha value is -0.830. The average molecular weight is 226 g/mol. The van der Waals surface area contributed by atoms with Gasteiger partial charge in [0, 0.05) is 18.3 Å². The van der Waals surface area contributed by atoms with Crippen LogP contribution in [-0.4, -0.2) is 16.5 Å². The minimum Gasteiger partial charge on any atom is -0.369 e. The van der Waals surface area contributed by atoms with Crippen molar-refractivity contribution in [2.24, 2.45) is 5.41 Å². The van der Waals surface area contributed by atoms with Gasteiger partial charge < -0.3 is 5.32 Å². The molecule has 3 nitrogen and oxygen atoms in total. The van der Waals surface area contributed by atoms with Gasteiger partial charge in [-0.1, -0.05) is 6.92 Å². The Morgan fingerprint density at radius 2 is 2.20 bits per heavy atom. The SMILES string of the molecule is CCC1(CNc2cc(C)nc(Cl)n2)CC1. The Balaban J connectivity index is 1.99. The highest BCUT2D eigenvalue weighted by atomic mass is 35.5. The van der Waals surface area contributed by atoms with Crippen LogP contribution in [0, 0.1) is 12.3 Å². The zero-order chi connectivity index (χ0) is 10.9. The second-order valence-electron chi connectivity index (χ2n) is 4.37. The number of rotatable bonds is 4. The molecule has 0 aromatic carbocycles. The lowest BCUT2D eigenvalue weighted by atomic mass is 10.0. The lowest BCUT2D eigenvalue weighted by Gasteiger charge is -2.13. The number of hydrogen-bond donors (Lipinski definition) is 1. The first-order valence-corrected chi connectivity index (χ1v) is 5.76. The molecule has 2 rings (SSSR count). The normalized spacial score (nSPS) is 17.5. The Morgan fingerprint density at radius 3 is 2.73 bits per heavy atom. The van der Waals surface area contributed by atoms with E-state index in [0.29, 0.717) is 10.7 Å². The molecule has 1 aliphatic rings. The molecule has 4 heteroatoms. The molecule has 0 amide bonds. The molecular weight excluding hydrogens is 210 g/mol. The summed E-state index contributed by atoms with van der Waals surface area (Å²) >= 11 is 5.79. The highest BCUT2D eigenvalue weighted by Crippen LogP contribution is 2.48. The van der Waals surface area contributed by atoms with E-state index in [4.69, 9.17) is 11.6 Å². The third-order valence-corrected chi connectivity index (χ3v) is 3.35. The van der Waals surface area contributed by atoms with Gasteiger partial charge in [0.15, 0.2) is 0 Å². The summed E-state index contributed by atoms with van der Waals surface area (Å²) in [7, 11) is 0. The first kappa shape index (κ1) is 10.7. The van der Waals surface area contributed by atoms with Crippen molar-refractivity contribution in [1.29, 1.82) is 0 Å². The molecule has 0 unspecified atom stereocenters. The summed E-state index contributed by atoms with van der Waals surface area (Å²) in [4.78, 5) is 8.17. The molecule has 1 fully saturated rings. The van der Waals surface area contributed by atoms with E-state index in [1.807, 2.05) is 13.0 Å². The molecule has 0 aliphatic heterocycles. The number of nitrogens with one attached hydrogen (secondary N) is 1. The third kappa shape index (κ3) is 2.59. The number of hydrogen-bond acceptors (Lipinski definition) is 3. The first-order chi connectivity index (χ1) is 7.13. The third-order valence-electron chi connectivity index (χ3n) is 3.18. The van der Waals surface area contributed by atoms with Gasteiger partial charge >= 0.3 is 0 Å². The highest BCUT2D eigenvalue weighted by molar-refractivity contribution is 6.28. The van der Waals surface area contributed by atoms with Crippen molar-refractivity contribution in [1.82, 2.24) is 9.97 Å². The summed E-state index contributed by atoms with van der Waals surface area (Å²) in [6.45, 7) is 5.16. The van der Waals surface area contributed by atoms with Crippen LogP contribution in [0.2, 0.25) is 5.28 Å². The molecule has 1 aromatic heterocycles.